The first-order valence-corrected chi connectivity index (χ1v) is 8.34. The SMILES string of the molecule is CC(C)CCOCc1ccc(CNCC(C)C)cc1Br. The van der Waals surface area contributed by atoms with Crippen LogP contribution in [0.1, 0.15) is 45.2 Å². The molecule has 114 valence electrons. The van der Waals surface area contributed by atoms with Crippen LogP contribution in [-0.4, -0.2) is 13.2 Å². The van der Waals surface area contributed by atoms with E-state index in [9.17, 15) is 0 Å². The van der Waals surface area contributed by atoms with Gasteiger partial charge in [0.05, 0.1) is 6.61 Å². The van der Waals surface area contributed by atoms with Crippen molar-refractivity contribution in [2.24, 2.45) is 11.8 Å². The average Bonchev–Trinajstić information content (AvgIpc) is 2.36. The van der Waals surface area contributed by atoms with Crippen LogP contribution >= 0.6 is 15.9 Å². The summed E-state index contributed by atoms with van der Waals surface area (Å²) >= 11 is 3.64. The molecule has 0 saturated heterocycles. The van der Waals surface area contributed by atoms with Crippen molar-refractivity contribution in [1.82, 2.24) is 5.32 Å². The Labute approximate surface area is 132 Å². The van der Waals surface area contributed by atoms with Gasteiger partial charge in [0.1, 0.15) is 0 Å². The fourth-order valence-electron chi connectivity index (χ4n) is 1.82. The first-order chi connectivity index (χ1) is 9.49. The van der Waals surface area contributed by atoms with Crippen LogP contribution in [0, 0.1) is 11.8 Å². The van der Waals surface area contributed by atoms with E-state index in [4.69, 9.17) is 4.74 Å². The first kappa shape index (κ1) is 17.7. The zero-order valence-electron chi connectivity index (χ0n) is 13.2. The molecule has 1 aromatic carbocycles. The lowest BCUT2D eigenvalue weighted by atomic mass is 10.1. The van der Waals surface area contributed by atoms with E-state index in [1.807, 2.05) is 0 Å². The quantitative estimate of drug-likeness (QED) is 0.654. The lowest BCUT2D eigenvalue weighted by Gasteiger charge is -2.11. The van der Waals surface area contributed by atoms with Gasteiger partial charge in [-0.1, -0.05) is 55.8 Å². The van der Waals surface area contributed by atoms with Gasteiger partial charge in [-0.05, 0) is 42.0 Å². The molecule has 0 aliphatic carbocycles. The number of halogens is 1. The summed E-state index contributed by atoms with van der Waals surface area (Å²) < 4.78 is 6.86. The van der Waals surface area contributed by atoms with E-state index in [-0.39, 0.29) is 0 Å². The van der Waals surface area contributed by atoms with Crippen LogP contribution in [-0.2, 0) is 17.9 Å². The molecule has 0 atom stereocenters. The molecule has 0 aromatic heterocycles. The summed E-state index contributed by atoms with van der Waals surface area (Å²) in [6, 6.07) is 6.53. The highest BCUT2D eigenvalue weighted by molar-refractivity contribution is 9.10. The van der Waals surface area contributed by atoms with Crippen LogP contribution in [0.2, 0.25) is 0 Å². The number of nitrogens with one attached hydrogen (secondary N) is 1. The van der Waals surface area contributed by atoms with Gasteiger partial charge < -0.3 is 10.1 Å². The van der Waals surface area contributed by atoms with Crippen molar-refractivity contribution in [2.75, 3.05) is 13.2 Å². The van der Waals surface area contributed by atoms with E-state index >= 15 is 0 Å². The predicted molar refractivity (Wildman–Crippen MR) is 89.8 cm³/mol. The van der Waals surface area contributed by atoms with Gasteiger partial charge in [0.15, 0.2) is 0 Å². The smallest absolute Gasteiger partial charge is 0.0727 e. The largest absolute Gasteiger partial charge is 0.377 e. The van der Waals surface area contributed by atoms with Crippen molar-refractivity contribution >= 4 is 15.9 Å². The maximum atomic E-state index is 5.72. The molecule has 0 bridgehead atoms. The lowest BCUT2D eigenvalue weighted by Crippen LogP contribution is -2.18. The highest BCUT2D eigenvalue weighted by Gasteiger charge is 2.03. The van der Waals surface area contributed by atoms with Crippen molar-refractivity contribution < 1.29 is 4.74 Å². The Morgan fingerprint density at radius 3 is 2.50 bits per heavy atom. The molecule has 0 spiro atoms. The zero-order valence-corrected chi connectivity index (χ0v) is 14.8. The Balaban J connectivity index is 2.39. The molecule has 1 rings (SSSR count). The maximum Gasteiger partial charge on any atom is 0.0727 e. The number of benzene rings is 1. The summed E-state index contributed by atoms with van der Waals surface area (Å²) in [5.74, 6) is 1.39. The monoisotopic (exact) mass is 341 g/mol. The third-order valence-electron chi connectivity index (χ3n) is 3.10. The molecule has 1 N–H and O–H groups in total. The van der Waals surface area contributed by atoms with E-state index < -0.39 is 0 Å². The Morgan fingerprint density at radius 1 is 1.15 bits per heavy atom. The van der Waals surface area contributed by atoms with Crippen LogP contribution in [0.25, 0.3) is 0 Å². The summed E-state index contributed by atoms with van der Waals surface area (Å²) in [6.07, 6.45) is 1.12. The van der Waals surface area contributed by atoms with E-state index in [0.717, 1.165) is 30.6 Å². The second-order valence-corrected chi connectivity index (χ2v) is 7.04. The number of ether oxygens (including phenoxy) is 1. The van der Waals surface area contributed by atoms with E-state index in [1.165, 1.54) is 11.1 Å². The van der Waals surface area contributed by atoms with Gasteiger partial charge in [-0.3, -0.25) is 0 Å². The van der Waals surface area contributed by atoms with Gasteiger partial charge in [-0.2, -0.15) is 0 Å². The first-order valence-electron chi connectivity index (χ1n) is 7.54. The van der Waals surface area contributed by atoms with Gasteiger partial charge in [-0.15, -0.1) is 0 Å². The van der Waals surface area contributed by atoms with Crippen molar-refractivity contribution in [3.05, 3.63) is 33.8 Å². The highest BCUT2D eigenvalue weighted by atomic mass is 79.9. The Bertz CT molecular complexity index is 391. The minimum absolute atomic E-state index is 0.687. The van der Waals surface area contributed by atoms with Crippen LogP contribution in [0.5, 0.6) is 0 Å². The summed E-state index contributed by atoms with van der Waals surface area (Å²) in [7, 11) is 0. The molecule has 0 aliphatic rings. The maximum absolute atomic E-state index is 5.72. The molecule has 0 amide bonds. The molecule has 0 unspecified atom stereocenters. The van der Waals surface area contributed by atoms with Crippen LogP contribution in [0.4, 0.5) is 0 Å². The van der Waals surface area contributed by atoms with Crippen LogP contribution in [0.3, 0.4) is 0 Å². The molecule has 0 aliphatic heterocycles. The fourth-order valence-corrected chi connectivity index (χ4v) is 2.36. The Morgan fingerprint density at radius 2 is 1.90 bits per heavy atom. The number of hydrogen-bond acceptors (Lipinski definition) is 2. The summed E-state index contributed by atoms with van der Waals surface area (Å²) in [4.78, 5) is 0. The molecule has 3 heteroatoms. The van der Waals surface area contributed by atoms with E-state index in [1.54, 1.807) is 0 Å². The van der Waals surface area contributed by atoms with E-state index in [0.29, 0.717) is 18.4 Å². The second-order valence-electron chi connectivity index (χ2n) is 6.19. The van der Waals surface area contributed by atoms with Gasteiger partial charge >= 0.3 is 0 Å². The summed E-state index contributed by atoms with van der Waals surface area (Å²) in [5.41, 5.74) is 2.53. The van der Waals surface area contributed by atoms with Crippen molar-refractivity contribution in [3.8, 4) is 0 Å². The third-order valence-corrected chi connectivity index (χ3v) is 3.83. The van der Waals surface area contributed by atoms with Gasteiger partial charge in [-0.25, -0.2) is 0 Å². The molecule has 0 saturated carbocycles. The standard InChI is InChI=1S/C17H28BrNO/c1-13(2)7-8-20-12-16-6-5-15(9-17(16)18)11-19-10-14(3)4/h5-6,9,13-14,19H,7-8,10-12H2,1-4H3. The van der Waals surface area contributed by atoms with Gasteiger partial charge in [0.25, 0.3) is 0 Å². The zero-order chi connectivity index (χ0) is 15.0. The molecule has 0 fully saturated rings. The minimum atomic E-state index is 0.687. The number of rotatable bonds is 9. The average molecular weight is 342 g/mol. The molecular formula is C17H28BrNO. The second kappa shape index (κ2) is 9.54. The molecule has 0 radical (unpaired) electrons. The minimum Gasteiger partial charge on any atom is -0.377 e. The molecular weight excluding hydrogens is 314 g/mol. The summed E-state index contributed by atoms with van der Waals surface area (Å²) in [5, 5.41) is 3.46. The van der Waals surface area contributed by atoms with Crippen LogP contribution < -0.4 is 5.32 Å². The Kier molecular flexibility index (Phi) is 8.43. The van der Waals surface area contributed by atoms with Crippen molar-refractivity contribution in [3.63, 3.8) is 0 Å². The van der Waals surface area contributed by atoms with Gasteiger partial charge in [0, 0.05) is 17.6 Å². The summed E-state index contributed by atoms with van der Waals surface area (Å²) in [6.45, 7) is 12.4. The fraction of sp³-hybridized carbons (Fsp3) is 0.647. The van der Waals surface area contributed by atoms with Crippen molar-refractivity contribution in [1.29, 1.82) is 0 Å². The lowest BCUT2D eigenvalue weighted by molar-refractivity contribution is 0.110. The highest BCUT2D eigenvalue weighted by Crippen LogP contribution is 2.20. The predicted octanol–water partition coefficient (Wildman–Crippen LogP) is 4.76. The molecule has 1 aromatic rings. The number of hydrogen-bond donors (Lipinski definition) is 1. The van der Waals surface area contributed by atoms with E-state index in [2.05, 4.69) is 67.1 Å². The topological polar surface area (TPSA) is 21.3 Å². The van der Waals surface area contributed by atoms with Crippen LogP contribution in [0.15, 0.2) is 22.7 Å². The molecule has 20 heavy (non-hydrogen) atoms. The molecule has 0 heterocycles. The third kappa shape index (κ3) is 7.41. The van der Waals surface area contributed by atoms with Crippen molar-refractivity contribution in [2.45, 2.75) is 47.3 Å². The Hall–Kier alpha value is -0.380. The van der Waals surface area contributed by atoms with Gasteiger partial charge in [0.2, 0.25) is 0 Å². The molecule has 2 nitrogen and oxygen atoms in total. The normalized spacial score (nSPS) is 11.6.